The predicted octanol–water partition coefficient (Wildman–Crippen LogP) is 2.35. The number of thioether (sulfide) groups is 1. The van der Waals surface area contributed by atoms with Crippen molar-refractivity contribution in [3.8, 4) is 6.07 Å². The van der Waals surface area contributed by atoms with E-state index in [0.29, 0.717) is 11.4 Å². The fraction of sp³-hybridized carbons (Fsp3) is 0.312. The molecule has 1 saturated heterocycles. The van der Waals surface area contributed by atoms with Crippen molar-refractivity contribution in [3.05, 3.63) is 46.0 Å². The van der Waals surface area contributed by atoms with E-state index in [2.05, 4.69) is 24.4 Å². The minimum absolute atomic E-state index is 0.0252. The van der Waals surface area contributed by atoms with Gasteiger partial charge >= 0.3 is 0 Å². The van der Waals surface area contributed by atoms with Crippen molar-refractivity contribution in [1.29, 1.82) is 5.26 Å². The van der Waals surface area contributed by atoms with Crippen molar-refractivity contribution in [3.63, 3.8) is 0 Å². The fourth-order valence-corrected chi connectivity index (χ4v) is 3.28. The van der Waals surface area contributed by atoms with Crippen molar-refractivity contribution in [1.82, 2.24) is 5.32 Å². The molecule has 0 bridgehead atoms. The number of allylic oxidation sites excluding steroid dienone is 1. The summed E-state index contributed by atoms with van der Waals surface area (Å²) >= 11 is 1.26. The van der Waals surface area contributed by atoms with Crippen molar-refractivity contribution in [2.75, 3.05) is 0 Å². The summed E-state index contributed by atoms with van der Waals surface area (Å²) in [6, 6.07) is 10.0. The Kier molecular flexibility index (Phi) is 4.81. The van der Waals surface area contributed by atoms with E-state index in [-0.39, 0.29) is 22.5 Å². The van der Waals surface area contributed by atoms with Gasteiger partial charge in [0.25, 0.3) is 0 Å². The molecule has 1 aromatic carbocycles. The zero-order valence-electron chi connectivity index (χ0n) is 12.0. The van der Waals surface area contributed by atoms with E-state index in [1.54, 1.807) is 0 Å². The van der Waals surface area contributed by atoms with Crippen LogP contribution in [0.1, 0.15) is 25.0 Å². The molecule has 0 saturated carbocycles. The topological polar surface area (TPSA) is 70.0 Å². The second-order valence-corrected chi connectivity index (χ2v) is 6.06. The number of carbonyl (C=O) groups excluding carboxylic acids is 2. The third-order valence-electron chi connectivity index (χ3n) is 3.33. The Labute approximate surface area is 128 Å². The number of nitrogens with one attached hydrogen (secondary N) is 1. The Morgan fingerprint density at radius 1 is 1.33 bits per heavy atom. The monoisotopic (exact) mass is 300 g/mol. The van der Waals surface area contributed by atoms with E-state index >= 15 is 0 Å². The van der Waals surface area contributed by atoms with Gasteiger partial charge in [0.1, 0.15) is 11.6 Å². The van der Waals surface area contributed by atoms with Crippen LogP contribution in [0.15, 0.2) is 34.9 Å². The number of aryl methyl sites for hydroxylation is 1. The Bertz CT molecular complexity index is 641. The lowest BCUT2D eigenvalue weighted by Crippen LogP contribution is -2.24. The molecule has 0 aromatic heterocycles. The average molecular weight is 300 g/mol. The van der Waals surface area contributed by atoms with E-state index in [0.717, 1.165) is 12.0 Å². The third-order valence-corrected chi connectivity index (χ3v) is 4.54. The number of amides is 1. The highest BCUT2D eigenvalue weighted by molar-refractivity contribution is 8.04. The summed E-state index contributed by atoms with van der Waals surface area (Å²) < 4.78 is 0. The fourth-order valence-electron chi connectivity index (χ4n) is 2.09. The molecule has 5 heteroatoms. The van der Waals surface area contributed by atoms with Gasteiger partial charge in [-0.1, -0.05) is 43.0 Å². The number of carbonyl (C=O) groups is 2. The number of benzene rings is 1. The number of rotatable bonds is 4. The highest BCUT2D eigenvalue weighted by Gasteiger charge is 2.32. The van der Waals surface area contributed by atoms with E-state index in [1.807, 2.05) is 18.2 Å². The molecule has 1 aromatic rings. The first kappa shape index (κ1) is 15.3. The van der Waals surface area contributed by atoms with Gasteiger partial charge < -0.3 is 5.32 Å². The van der Waals surface area contributed by atoms with E-state index in [9.17, 15) is 9.59 Å². The molecular formula is C16H16N2O2S. The van der Waals surface area contributed by atoms with Crippen LogP contribution in [0, 0.1) is 11.3 Å². The van der Waals surface area contributed by atoms with Gasteiger partial charge in [-0.15, -0.1) is 0 Å². The molecule has 2 rings (SSSR count). The normalized spacial score (nSPS) is 19.9. The average Bonchev–Trinajstić information content (AvgIpc) is 2.81. The third kappa shape index (κ3) is 3.53. The van der Waals surface area contributed by atoms with Crippen molar-refractivity contribution >= 4 is 23.5 Å². The molecule has 1 amide bonds. The molecule has 0 unspecified atom stereocenters. The second kappa shape index (κ2) is 6.59. The summed E-state index contributed by atoms with van der Waals surface area (Å²) in [6.45, 7) is 3.42. The molecule has 0 spiro atoms. The summed E-state index contributed by atoms with van der Waals surface area (Å²) in [7, 11) is 0. The number of ketones is 1. The maximum Gasteiger partial charge on any atom is 0.238 e. The van der Waals surface area contributed by atoms with Gasteiger partial charge in [-0.25, -0.2) is 0 Å². The first-order valence-electron chi connectivity index (χ1n) is 6.75. The van der Waals surface area contributed by atoms with Gasteiger partial charge in [0.15, 0.2) is 5.78 Å². The summed E-state index contributed by atoms with van der Waals surface area (Å²) in [5.74, 6) is -0.475. The van der Waals surface area contributed by atoms with Crippen LogP contribution in [0.3, 0.4) is 0 Å². The minimum atomic E-state index is -0.326. The number of hydrogen-bond donors (Lipinski definition) is 1. The van der Waals surface area contributed by atoms with Crippen molar-refractivity contribution in [2.45, 2.75) is 31.9 Å². The van der Waals surface area contributed by atoms with Gasteiger partial charge in [-0.05, 0) is 30.9 Å². The van der Waals surface area contributed by atoms with Crippen molar-refractivity contribution < 1.29 is 9.59 Å². The van der Waals surface area contributed by atoms with Crippen LogP contribution in [0.4, 0.5) is 0 Å². The zero-order chi connectivity index (χ0) is 15.4. The summed E-state index contributed by atoms with van der Waals surface area (Å²) in [5, 5.41) is 11.7. The van der Waals surface area contributed by atoms with Crippen LogP contribution < -0.4 is 5.32 Å². The largest absolute Gasteiger partial charge is 0.318 e. The Balaban J connectivity index is 2.13. The summed E-state index contributed by atoms with van der Waals surface area (Å²) in [4.78, 5) is 23.3. The van der Waals surface area contributed by atoms with Crippen LogP contribution >= 0.6 is 11.8 Å². The lowest BCUT2D eigenvalue weighted by molar-refractivity contribution is -0.119. The highest BCUT2D eigenvalue weighted by Crippen LogP contribution is 2.31. The Morgan fingerprint density at radius 2 is 1.95 bits per heavy atom. The first-order chi connectivity index (χ1) is 10.0. The summed E-state index contributed by atoms with van der Waals surface area (Å²) in [5.41, 5.74) is 2.35. The molecule has 21 heavy (non-hydrogen) atoms. The molecule has 1 atom stereocenters. The predicted molar refractivity (Wildman–Crippen MR) is 82.4 cm³/mol. The van der Waals surface area contributed by atoms with Crippen LogP contribution in [0.2, 0.25) is 0 Å². The minimum Gasteiger partial charge on any atom is -0.318 e. The van der Waals surface area contributed by atoms with Gasteiger partial charge in [-0.3, -0.25) is 9.59 Å². The molecule has 1 heterocycles. The van der Waals surface area contributed by atoms with Gasteiger partial charge in [0, 0.05) is 0 Å². The Morgan fingerprint density at radius 3 is 2.48 bits per heavy atom. The molecular weight excluding hydrogens is 284 g/mol. The Hall–Kier alpha value is -2.06. The molecule has 1 fully saturated rings. The number of nitriles is 1. The SMILES string of the molecule is CCc1ccc(C[C@H]2S/C(=C(/C#N)C(C)=O)NC2=O)cc1. The zero-order valence-corrected chi connectivity index (χ0v) is 12.8. The van der Waals surface area contributed by atoms with Crippen LogP contribution in [-0.4, -0.2) is 16.9 Å². The number of nitrogens with zero attached hydrogens (tertiary/aromatic N) is 1. The van der Waals surface area contributed by atoms with Crippen LogP contribution in [0.25, 0.3) is 0 Å². The molecule has 1 N–H and O–H groups in total. The van der Waals surface area contributed by atoms with Crippen molar-refractivity contribution in [2.24, 2.45) is 0 Å². The van der Waals surface area contributed by atoms with Crippen LogP contribution in [0.5, 0.6) is 0 Å². The second-order valence-electron chi connectivity index (χ2n) is 4.84. The lowest BCUT2D eigenvalue weighted by atomic mass is 10.1. The molecule has 0 aliphatic carbocycles. The highest BCUT2D eigenvalue weighted by atomic mass is 32.2. The van der Waals surface area contributed by atoms with Crippen LogP contribution in [-0.2, 0) is 22.4 Å². The molecule has 0 radical (unpaired) electrons. The first-order valence-corrected chi connectivity index (χ1v) is 7.63. The van der Waals surface area contributed by atoms with E-state index in [1.165, 1.54) is 24.2 Å². The quantitative estimate of drug-likeness (QED) is 0.684. The maximum atomic E-state index is 12.0. The molecule has 108 valence electrons. The standard InChI is InChI=1S/C16H16N2O2S/c1-3-11-4-6-12(7-5-11)8-14-15(20)18-16(21-14)13(9-17)10(2)19/h4-7,14H,3,8H2,1-2H3,(H,18,20)/b16-13-/t14-/m1/s1. The summed E-state index contributed by atoms with van der Waals surface area (Å²) in [6.07, 6.45) is 1.57. The molecule has 1 aliphatic rings. The smallest absolute Gasteiger partial charge is 0.238 e. The van der Waals surface area contributed by atoms with Gasteiger partial charge in [0.2, 0.25) is 5.91 Å². The van der Waals surface area contributed by atoms with E-state index < -0.39 is 0 Å². The van der Waals surface area contributed by atoms with Gasteiger partial charge in [-0.2, -0.15) is 5.26 Å². The van der Waals surface area contributed by atoms with E-state index in [4.69, 9.17) is 5.26 Å². The molecule has 1 aliphatic heterocycles. The number of Topliss-reactive ketones (excluding diaryl/α,β-unsaturated/α-hetero) is 1. The number of hydrogen-bond acceptors (Lipinski definition) is 4. The lowest BCUT2D eigenvalue weighted by Gasteiger charge is -2.06. The van der Waals surface area contributed by atoms with Gasteiger partial charge in [0.05, 0.1) is 10.3 Å². The maximum absolute atomic E-state index is 12.0. The molecule has 4 nitrogen and oxygen atoms in total.